The van der Waals surface area contributed by atoms with Gasteiger partial charge in [0, 0.05) is 18.2 Å². The van der Waals surface area contributed by atoms with Crippen molar-refractivity contribution in [1.82, 2.24) is 15.5 Å². The van der Waals surface area contributed by atoms with Crippen LogP contribution in [0.5, 0.6) is 5.75 Å². The second-order valence-electron chi connectivity index (χ2n) is 10.8. The third-order valence-corrected chi connectivity index (χ3v) is 5.79. The third-order valence-electron chi connectivity index (χ3n) is 5.79. The minimum Gasteiger partial charge on any atom is -0.508 e. The van der Waals surface area contributed by atoms with Crippen molar-refractivity contribution < 1.29 is 24.2 Å². The summed E-state index contributed by atoms with van der Waals surface area (Å²) in [6.07, 6.45) is 3.49. The molecule has 0 aliphatic rings. The number of unbranched alkanes of at least 4 members (excludes halogenated alkanes) is 2. The van der Waals surface area contributed by atoms with Crippen LogP contribution in [0.15, 0.2) is 24.3 Å². The maximum atomic E-state index is 14.0. The van der Waals surface area contributed by atoms with E-state index in [1.807, 2.05) is 27.7 Å². The van der Waals surface area contributed by atoms with E-state index in [4.69, 9.17) is 4.74 Å². The number of carbonyl (C=O) groups is 3. The Bertz CT molecular complexity index is 850. The molecule has 0 saturated carbocycles. The number of hydrogen-bond donors (Lipinski definition) is 3. The Kier molecular flexibility index (Phi) is 12.8. The van der Waals surface area contributed by atoms with Crippen molar-refractivity contribution in [3.63, 3.8) is 0 Å². The molecule has 0 spiro atoms. The number of carbonyl (C=O) groups excluding carboxylic acids is 3. The largest absolute Gasteiger partial charge is 0.508 e. The molecule has 0 aromatic heterocycles. The number of phenolic OH excluding ortho intramolecular Hbond substituents is 1. The van der Waals surface area contributed by atoms with Gasteiger partial charge in [-0.25, -0.2) is 4.79 Å². The Labute approximate surface area is 217 Å². The fourth-order valence-electron chi connectivity index (χ4n) is 4.02. The quantitative estimate of drug-likeness (QED) is 0.315. The first-order valence-corrected chi connectivity index (χ1v) is 13.2. The lowest BCUT2D eigenvalue weighted by atomic mass is 9.97. The Morgan fingerprint density at radius 1 is 1.00 bits per heavy atom. The van der Waals surface area contributed by atoms with Crippen molar-refractivity contribution in [2.75, 3.05) is 6.54 Å². The summed E-state index contributed by atoms with van der Waals surface area (Å²) >= 11 is 0. The Morgan fingerprint density at radius 2 is 1.64 bits per heavy atom. The van der Waals surface area contributed by atoms with Crippen molar-refractivity contribution in [3.8, 4) is 5.75 Å². The second-order valence-corrected chi connectivity index (χ2v) is 10.8. The molecule has 204 valence electrons. The summed E-state index contributed by atoms with van der Waals surface area (Å²) < 4.78 is 5.40. The molecule has 1 aromatic carbocycles. The molecule has 0 heterocycles. The number of nitrogens with zero attached hydrogens (tertiary/aromatic N) is 1. The lowest BCUT2D eigenvalue weighted by Crippen LogP contribution is -2.55. The van der Waals surface area contributed by atoms with Crippen molar-refractivity contribution >= 4 is 17.9 Å². The molecule has 3 N–H and O–H groups in total. The molecule has 8 nitrogen and oxygen atoms in total. The number of phenols is 1. The zero-order valence-corrected chi connectivity index (χ0v) is 23.4. The molecular weight excluding hydrogens is 458 g/mol. The standard InChI is InChI=1S/C28H47N3O5/c1-9-11-14-18-31(26(34)23(19(3)4)30-27(35)36-28(6,7)8)24(21-16-12-13-17-22(21)32)25(33)29-20(5)15-10-2/h12-13,16-17,19-20,23-24,32H,9-11,14-15,18H2,1-8H3,(H,29,33)(H,30,35). The number of rotatable bonds is 13. The number of aromatic hydroxyl groups is 1. The first-order chi connectivity index (χ1) is 16.8. The molecule has 36 heavy (non-hydrogen) atoms. The Morgan fingerprint density at radius 3 is 2.17 bits per heavy atom. The number of nitrogens with one attached hydrogen (secondary N) is 2. The molecular formula is C28H47N3O5. The van der Waals surface area contributed by atoms with Crippen LogP contribution in [0.2, 0.25) is 0 Å². The van der Waals surface area contributed by atoms with E-state index in [-0.39, 0.29) is 23.6 Å². The summed E-state index contributed by atoms with van der Waals surface area (Å²) in [5.74, 6) is -1.07. The Balaban J connectivity index is 3.48. The summed E-state index contributed by atoms with van der Waals surface area (Å²) in [6, 6.07) is 4.54. The van der Waals surface area contributed by atoms with Crippen LogP contribution in [0.3, 0.4) is 0 Å². The number of amides is 3. The van der Waals surface area contributed by atoms with Crippen molar-refractivity contribution in [2.24, 2.45) is 5.92 Å². The fourth-order valence-corrected chi connectivity index (χ4v) is 4.02. The first-order valence-electron chi connectivity index (χ1n) is 13.2. The Hall–Kier alpha value is -2.77. The van der Waals surface area contributed by atoms with Gasteiger partial charge in [0.25, 0.3) is 0 Å². The van der Waals surface area contributed by atoms with E-state index in [2.05, 4.69) is 17.6 Å². The fraction of sp³-hybridized carbons (Fsp3) is 0.679. The summed E-state index contributed by atoms with van der Waals surface area (Å²) in [6.45, 7) is 15.3. The predicted octanol–water partition coefficient (Wildman–Crippen LogP) is 5.31. The summed E-state index contributed by atoms with van der Waals surface area (Å²) in [4.78, 5) is 41.7. The van der Waals surface area contributed by atoms with E-state index in [1.54, 1.807) is 39.0 Å². The van der Waals surface area contributed by atoms with Gasteiger partial charge in [0.2, 0.25) is 11.8 Å². The van der Waals surface area contributed by atoms with Gasteiger partial charge in [0.05, 0.1) is 0 Å². The molecule has 0 fully saturated rings. The van der Waals surface area contributed by atoms with E-state index in [0.29, 0.717) is 18.5 Å². The van der Waals surface area contributed by atoms with Gasteiger partial charge in [-0.1, -0.05) is 65.2 Å². The molecule has 0 bridgehead atoms. The summed E-state index contributed by atoms with van der Waals surface area (Å²) in [7, 11) is 0. The minimum absolute atomic E-state index is 0.0599. The molecule has 3 amide bonds. The SMILES string of the molecule is CCCCCN(C(=O)C(NC(=O)OC(C)(C)C)C(C)C)C(C(=O)NC(C)CCC)c1ccccc1O. The van der Waals surface area contributed by atoms with Gasteiger partial charge in [0.15, 0.2) is 0 Å². The molecule has 0 aliphatic heterocycles. The summed E-state index contributed by atoms with van der Waals surface area (Å²) in [5, 5.41) is 16.4. The van der Waals surface area contributed by atoms with Crippen molar-refractivity contribution in [2.45, 2.75) is 111 Å². The van der Waals surface area contributed by atoms with Crippen LogP contribution >= 0.6 is 0 Å². The van der Waals surface area contributed by atoms with Crippen LogP contribution in [0.4, 0.5) is 4.79 Å². The van der Waals surface area contributed by atoms with Gasteiger partial charge >= 0.3 is 6.09 Å². The van der Waals surface area contributed by atoms with Gasteiger partial charge < -0.3 is 25.4 Å². The predicted molar refractivity (Wildman–Crippen MR) is 143 cm³/mol. The number of ether oxygens (including phenoxy) is 1. The van der Waals surface area contributed by atoms with Gasteiger partial charge in [0.1, 0.15) is 23.4 Å². The highest BCUT2D eigenvalue weighted by molar-refractivity contribution is 5.92. The number of hydrogen-bond acceptors (Lipinski definition) is 5. The van der Waals surface area contributed by atoms with Crippen molar-refractivity contribution in [3.05, 3.63) is 29.8 Å². The van der Waals surface area contributed by atoms with Crippen LogP contribution in [0, 0.1) is 5.92 Å². The van der Waals surface area contributed by atoms with Gasteiger partial charge in [-0.05, 0) is 52.5 Å². The first kappa shape index (κ1) is 31.3. The van der Waals surface area contributed by atoms with Crippen LogP contribution < -0.4 is 10.6 Å². The van der Waals surface area contributed by atoms with E-state index < -0.39 is 29.7 Å². The van der Waals surface area contributed by atoms with Crippen LogP contribution in [0.1, 0.15) is 99.1 Å². The average Bonchev–Trinajstić information content (AvgIpc) is 2.76. The van der Waals surface area contributed by atoms with Gasteiger partial charge in [-0.2, -0.15) is 0 Å². The van der Waals surface area contributed by atoms with E-state index in [0.717, 1.165) is 25.7 Å². The molecule has 0 aliphatic carbocycles. The zero-order chi connectivity index (χ0) is 27.5. The molecule has 1 aromatic rings. The lowest BCUT2D eigenvalue weighted by Gasteiger charge is -2.36. The van der Waals surface area contributed by atoms with Crippen LogP contribution in [-0.2, 0) is 14.3 Å². The molecule has 1 rings (SSSR count). The number of para-hydroxylation sites is 1. The van der Waals surface area contributed by atoms with E-state index in [1.165, 1.54) is 11.0 Å². The topological polar surface area (TPSA) is 108 Å². The molecule has 0 saturated heterocycles. The lowest BCUT2D eigenvalue weighted by molar-refractivity contribution is -0.143. The highest BCUT2D eigenvalue weighted by Gasteiger charge is 2.38. The zero-order valence-electron chi connectivity index (χ0n) is 23.4. The van der Waals surface area contributed by atoms with Crippen LogP contribution in [-0.4, -0.2) is 52.1 Å². The summed E-state index contributed by atoms with van der Waals surface area (Å²) in [5.41, 5.74) is -0.369. The number of alkyl carbamates (subject to hydrolysis) is 1. The molecule has 3 unspecified atom stereocenters. The average molecular weight is 506 g/mol. The molecule has 0 radical (unpaired) electrons. The smallest absolute Gasteiger partial charge is 0.408 e. The monoisotopic (exact) mass is 505 g/mol. The van der Waals surface area contributed by atoms with Gasteiger partial charge in [-0.3, -0.25) is 9.59 Å². The maximum Gasteiger partial charge on any atom is 0.408 e. The highest BCUT2D eigenvalue weighted by Crippen LogP contribution is 2.31. The maximum absolute atomic E-state index is 14.0. The molecule has 8 heteroatoms. The third kappa shape index (κ3) is 10.1. The number of benzene rings is 1. The van der Waals surface area contributed by atoms with E-state index >= 15 is 0 Å². The highest BCUT2D eigenvalue weighted by atomic mass is 16.6. The van der Waals surface area contributed by atoms with Crippen molar-refractivity contribution in [1.29, 1.82) is 0 Å². The van der Waals surface area contributed by atoms with E-state index in [9.17, 15) is 19.5 Å². The van der Waals surface area contributed by atoms with Gasteiger partial charge in [-0.15, -0.1) is 0 Å². The molecule has 3 atom stereocenters. The normalized spacial score (nSPS) is 14.0. The second kappa shape index (κ2) is 14.7. The van der Waals surface area contributed by atoms with Crippen LogP contribution in [0.25, 0.3) is 0 Å². The minimum atomic E-state index is -1.04.